The summed E-state index contributed by atoms with van der Waals surface area (Å²) in [7, 11) is -0.00831. The number of aromatic nitrogens is 4. The van der Waals surface area contributed by atoms with E-state index in [0.717, 1.165) is 12.1 Å². The lowest BCUT2D eigenvalue weighted by molar-refractivity contribution is 0.222. The molecule has 37 heavy (non-hydrogen) atoms. The van der Waals surface area contributed by atoms with Crippen molar-refractivity contribution in [1.82, 2.24) is 29.0 Å². The summed E-state index contributed by atoms with van der Waals surface area (Å²) >= 11 is 14.4. The highest BCUT2D eigenvalue weighted by molar-refractivity contribution is 7.89. The van der Waals surface area contributed by atoms with Crippen molar-refractivity contribution in [2.24, 2.45) is 7.05 Å². The molecule has 0 atom stereocenters. The van der Waals surface area contributed by atoms with Crippen molar-refractivity contribution < 1.29 is 13.2 Å². The fourth-order valence-electron chi connectivity index (χ4n) is 4.09. The first-order valence-electron chi connectivity index (χ1n) is 11.8. The molecule has 0 aliphatic carbocycles. The van der Waals surface area contributed by atoms with Gasteiger partial charge in [0.05, 0.1) is 22.8 Å². The Kier molecular flexibility index (Phi) is 10.2. The van der Waals surface area contributed by atoms with Gasteiger partial charge in [-0.3, -0.25) is 9.48 Å². The third-order valence-electron chi connectivity index (χ3n) is 5.86. The second-order valence-electron chi connectivity index (χ2n) is 8.48. The smallest absolute Gasteiger partial charge is 0.277 e. The van der Waals surface area contributed by atoms with Crippen LogP contribution < -0.4 is 10.3 Å². The highest BCUT2D eigenvalue weighted by atomic mass is 35.6. The average molecular weight is 594 g/mol. The number of sulfonamides is 1. The molecule has 0 spiro atoms. The molecule has 4 rings (SSSR count). The summed E-state index contributed by atoms with van der Waals surface area (Å²) in [5.41, 5.74) is 1.75. The van der Waals surface area contributed by atoms with Crippen molar-refractivity contribution in [3.63, 3.8) is 0 Å². The van der Waals surface area contributed by atoms with Gasteiger partial charge in [-0.05, 0) is 38.6 Å². The van der Waals surface area contributed by atoms with Crippen LogP contribution in [0.4, 0.5) is 0 Å². The molecule has 0 bridgehead atoms. The summed E-state index contributed by atoms with van der Waals surface area (Å²) in [5, 5.41) is 4.45. The molecule has 1 saturated heterocycles. The largest absolute Gasteiger partial charge is 0.493 e. The van der Waals surface area contributed by atoms with Crippen LogP contribution in [0.1, 0.15) is 26.0 Å². The van der Waals surface area contributed by atoms with E-state index >= 15 is 0 Å². The molecule has 14 heteroatoms. The molecule has 2 aromatic heterocycles. The molecule has 0 unspecified atom stereocenters. The Balaban J connectivity index is 0.000000886. The SMILES string of the molecule is CCCc1nn(C)c2c(=O)[nH]c(-c3cc(S(=O)(=O)N4CCN(C)CC4)ccc3OCC)nc12.ClC(Cl)Cl. The predicted molar refractivity (Wildman–Crippen MR) is 147 cm³/mol. The number of hydrogen-bond donors (Lipinski definition) is 1. The van der Waals surface area contributed by atoms with Gasteiger partial charge in [-0.1, -0.05) is 48.1 Å². The Labute approximate surface area is 231 Å². The first kappa shape index (κ1) is 29.7. The number of H-pyrrole nitrogens is 1. The van der Waals surface area contributed by atoms with Gasteiger partial charge in [0.2, 0.25) is 10.0 Å². The zero-order valence-electron chi connectivity index (χ0n) is 21.2. The highest BCUT2D eigenvalue weighted by Crippen LogP contribution is 2.32. The molecule has 0 saturated carbocycles. The molecule has 0 radical (unpaired) electrons. The summed E-state index contributed by atoms with van der Waals surface area (Å²) in [4.78, 5) is 22.7. The van der Waals surface area contributed by atoms with Crippen LogP contribution in [-0.4, -0.2) is 81.5 Å². The third kappa shape index (κ3) is 6.96. The number of alkyl halides is 3. The summed E-state index contributed by atoms with van der Waals surface area (Å²) in [5.74, 6) is 0.718. The number of nitrogens with one attached hydrogen (secondary N) is 1. The van der Waals surface area contributed by atoms with Crippen LogP contribution in [0.5, 0.6) is 5.75 Å². The van der Waals surface area contributed by atoms with Crippen LogP contribution in [0.25, 0.3) is 22.4 Å². The van der Waals surface area contributed by atoms with Crippen LogP contribution in [-0.2, 0) is 23.5 Å². The summed E-state index contributed by atoms with van der Waals surface area (Å²) in [6.45, 7) is 6.48. The molecule has 1 aliphatic heterocycles. The Bertz CT molecular complexity index is 1380. The number of aromatic amines is 1. The fourth-order valence-corrected chi connectivity index (χ4v) is 5.54. The average Bonchev–Trinajstić information content (AvgIpc) is 3.15. The molecule has 204 valence electrons. The molecule has 3 heterocycles. The number of ether oxygens (including phenoxy) is 1. The van der Waals surface area contributed by atoms with Crippen molar-refractivity contribution in [1.29, 1.82) is 0 Å². The van der Waals surface area contributed by atoms with Crippen LogP contribution in [0, 0.1) is 0 Å². The molecular formula is C23H31Cl3N6O4S. The zero-order valence-corrected chi connectivity index (χ0v) is 24.3. The van der Waals surface area contributed by atoms with Gasteiger partial charge in [0.1, 0.15) is 17.1 Å². The lowest BCUT2D eigenvalue weighted by Crippen LogP contribution is -2.47. The minimum absolute atomic E-state index is 0.147. The van der Waals surface area contributed by atoms with E-state index in [1.807, 2.05) is 20.9 Å². The quantitative estimate of drug-likeness (QED) is 0.417. The summed E-state index contributed by atoms with van der Waals surface area (Å²) < 4.78 is 34.7. The minimum Gasteiger partial charge on any atom is -0.493 e. The van der Waals surface area contributed by atoms with E-state index < -0.39 is 14.3 Å². The minimum atomic E-state index is -3.70. The maximum absolute atomic E-state index is 13.3. The lowest BCUT2D eigenvalue weighted by Gasteiger charge is -2.31. The zero-order chi connectivity index (χ0) is 27.3. The number of hydrogen-bond acceptors (Lipinski definition) is 7. The van der Waals surface area contributed by atoms with Crippen molar-refractivity contribution >= 4 is 55.9 Å². The van der Waals surface area contributed by atoms with Gasteiger partial charge < -0.3 is 14.6 Å². The van der Waals surface area contributed by atoms with Gasteiger partial charge in [-0.2, -0.15) is 9.40 Å². The van der Waals surface area contributed by atoms with Crippen LogP contribution in [0.3, 0.4) is 0 Å². The second-order valence-corrected chi connectivity index (χ2v) is 12.4. The van der Waals surface area contributed by atoms with Gasteiger partial charge >= 0.3 is 0 Å². The number of fused-ring (bicyclic) bond motifs is 1. The van der Waals surface area contributed by atoms with Crippen LogP contribution in [0.2, 0.25) is 0 Å². The van der Waals surface area contributed by atoms with Gasteiger partial charge in [0.15, 0.2) is 9.81 Å². The van der Waals surface area contributed by atoms with Crippen molar-refractivity contribution in [2.45, 2.75) is 35.9 Å². The maximum atomic E-state index is 13.3. The Hall–Kier alpha value is -1.89. The van der Waals surface area contributed by atoms with Crippen molar-refractivity contribution in [3.8, 4) is 17.1 Å². The number of rotatable bonds is 7. The predicted octanol–water partition coefficient (Wildman–Crippen LogP) is 3.60. The monoisotopic (exact) mass is 592 g/mol. The fraction of sp³-hybridized carbons (Fsp3) is 0.522. The summed E-state index contributed by atoms with van der Waals surface area (Å²) in [6.07, 6.45) is 1.54. The van der Waals surface area contributed by atoms with E-state index in [1.165, 1.54) is 8.99 Å². The normalized spacial score (nSPS) is 15.1. The van der Waals surface area contributed by atoms with E-state index in [0.29, 0.717) is 61.6 Å². The van der Waals surface area contributed by atoms with Crippen LogP contribution >= 0.6 is 34.8 Å². The summed E-state index contributed by atoms with van der Waals surface area (Å²) in [6, 6.07) is 4.71. The molecule has 3 aromatic rings. The van der Waals surface area contributed by atoms with Gasteiger partial charge in [-0.15, -0.1) is 0 Å². The van der Waals surface area contributed by atoms with E-state index in [4.69, 9.17) is 44.5 Å². The third-order valence-corrected chi connectivity index (χ3v) is 7.75. The lowest BCUT2D eigenvalue weighted by atomic mass is 10.1. The Morgan fingerprint density at radius 3 is 2.35 bits per heavy atom. The number of piperazine rings is 1. The molecule has 1 N–H and O–H groups in total. The highest BCUT2D eigenvalue weighted by Gasteiger charge is 2.29. The number of aryl methyl sites for hydroxylation is 2. The number of likely N-dealkylation sites (N-methyl/N-ethyl adjacent to an activating group) is 1. The molecule has 1 aromatic carbocycles. The topological polar surface area (TPSA) is 113 Å². The van der Waals surface area contributed by atoms with E-state index in [1.54, 1.807) is 25.2 Å². The number of nitrogens with zero attached hydrogens (tertiary/aromatic N) is 5. The standard InChI is InChI=1S/C22H30N6O4S.CHCl3/c1-5-7-17-19-20(27(4)25-17)22(29)24-21(23-19)16-14-15(8-9-18(16)32-6-2)33(30,31)28-12-10-26(3)11-13-28;2-1(3)4/h8-9,14H,5-7,10-13H2,1-4H3,(H,23,24,29);1H. The maximum Gasteiger partial charge on any atom is 0.277 e. The van der Waals surface area contributed by atoms with E-state index in [2.05, 4.69) is 15.0 Å². The number of halogens is 3. The molecule has 1 fully saturated rings. The Morgan fingerprint density at radius 1 is 1.11 bits per heavy atom. The number of benzene rings is 1. The Morgan fingerprint density at radius 2 is 1.76 bits per heavy atom. The molecule has 1 aliphatic rings. The van der Waals surface area contributed by atoms with Crippen LogP contribution in [0.15, 0.2) is 27.9 Å². The van der Waals surface area contributed by atoms with E-state index in [-0.39, 0.29) is 16.3 Å². The van der Waals surface area contributed by atoms with Gasteiger partial charge in [0.25, 0.3) is 5.56 Å². The second kappa shape index (κ2) is 12.8. The van der Waals surface area contributed by atoms with Gasteiger partial charge in [0, 0.05) is 33.2 Å². The first-order chi connectivity index (χ1) is 17.5. The van der Waals surface area contributed by atoms with Crippen molar-refractivity contribution in [2.75, 3.05) is 39.8 Å². The van der Waals surface area contributed by atoms with Gasteiger partial charge in [-0.25, -0.2) is 13.4 Å². The molecule has 0 amide bonds. The molecular weight excluding hydrogens is 563 g/mol. The van der Waals surface area contributed by atoms with E-state index in [9.17, 15) is 13.2 Å². The molecule has 10 nitrogen and oxygen atoms in total. The first-order valence-corrected chi connectivity index (χ1v) is 14.6. The van der Waals surface area contributed by atoms with Crippen molar-refractivity contribution in [3.05, 3.63) is 34.2 Å².